The maximum Gasteiger partial charge on any atom is 0.161 e. The minimum atomic E-state index is 0.426. The van der Waals surface area contributed by atoms with Crippen LogP contribution in [0.2, 0.25) is 0 Å². The second-order valence-corrected chi connectivity index (χ2v) is 5.73. The number of hydrogen-bond acceptors (Lipinski definition) is 4. The number of hydrogen-bond donors (Lipinski definition) is 0. The van der Waals surface area contributed by atoms with Gasteiger partial charge in [0, 0.05) is 42.8 Å². The molecule has 4 heteroatoms. The lowest BCUT2D eigenvalue weighted by atomic mass is 10.1. The van der Waals surface area contributed by atoms with E-state index in [9.17, 15) is 0 Å². The van der Waals surface area contributed by atoms with Crippen LogP contribution in [0.15, 0.2) is 30.6 Å². The normalized spacial score (nSPS) is 12.5. The first-order valence-electron chi connectivity index (χ1n) is 7.54. The van der Waals surface area contributed by atoms with Crippen LogP contribution < -0.4 is 4.90 Å². The van der Waals surface area contributed by atoms with E-state index in [0.717, 1.165) is 29.3 Å². The highest BCUT2D eigenvalue weighted by Gasteiger charge is 2.16. The van der Waals surface area contributed by atoms with Crippen LogP contribution in [0, 0.1) is 5.92 Å². The average Bonchev–Trinajstić information content (AvgIpc) is 2.53. The van der Waals surface area contributed by atoms with Gasteiger partial charge in [-0.15, -0.1) is 0 Å². The summed E-state index contributed by atoms with van der Waals surface area (Å²) in [6.07, 6.45) is 4.45. The predicted octanol–water partition coefficient (Wildman–Crippen LogP) is 3.58. The molecule has 0 aromatic carbocycles. The van der Waals surface area contributed by atoms with Crippen LogP contribution in [0.5, 0.6) is 0 Å². The van der Waals surface area contributed by atoms with Gasteiger partial charge in [-0.05, 0) is 31.4 Å². The van der Waals surface area contributed by atoms with Crippen molar-refractivity contribution in [3.05, 3.63) is 36.3 Å². The molecule has 2 rings (SSSR count). The number of aromatic nitrogens is 3. The standard InChI is InChI=1S/C17H24N4/c1-6-15-11-16(21(5)13(4)12(2)3)20-17(19-15)14-7-9-18-10-8-14/h7-13H,6H2,1-5H3. The summed E-state index contributed by atoms with van der Waals surface area (Å²) >= 11 is 0. The number of nitrogens with zero attached hydrogens (tertiary/aromatic N) is 4. The smallest absolute Gasteiger partial charge is 0.161 e. The zero-order chi connectivity index (χ0) is 15.4. The molecule has 21 heavy (non-hydrogen) atoms. The maximum absolute atomic E-state index is 4.74. The first-order valence-corrected chi connectivity index (χ1v) is 7.54. The largest absolute Gasteiger partial charge is 0.357 e. The average molecular weight is 284 g/mol. The molecule has 0 aliphatic carbocycles. The number of anilines is 1. The molecule has 0 N–H and O–H groups in total. The molecule has 112 valence electrons. The summed E-state index contributed by atoms with van der Waals surface area (Å²) in [4.78, 5) is 15.7. The second-order valence-electron chi connectivity index (χ2n) is 5.73. The highest BCUT2D eigenvalue weighted by atomic mass is 15.2. The molecule has 0 aliphatic rings. The molecule has 2 aromatic rings. The number of pyridine rings is 1. The van der Waals surface area contributed by atoms with E-state index in [4.69, 9.17) is 4.98 Å². The van der Waals surface area contributed by atoms with Crippen LogP contribution in [0.4, 0.5) is 5.82 Å². The highest BCUT2D eigenvalue weighted by molar-refractivity contribution is 5.57. The van der Waals surface area contributed by atoms with Gasteiger partial charge in [-0.25, -0.2) is 9.97 Å². The van der Waals surface area contributed by atoms with Gasteiger partial charge in [0.1, 0.15) is 5.82 Å². The van der Waals surface area contributed by atoms with Gasteiger partial charge >= 0.3 is 0 Å². The molecule has 1 atom stereocenters. The Morgan fingerprint density at radius 1 is 1.10 bits per heavy atom. The summed E-state index contributed by atoms with van der Waals surface area (Å²) in [6.45, 7) is 8.80. The molecular weight excluding hydrogens is 260 g/mol. The van der Waals surface area contributed by atoms with Crippen molar-refractivity contribution in [2.75, 3.05) is 11.9 Å². The van der Waals surface area contributed by atoms with Crippen molar-refractivity contribution < 1.29 is 0 Å². The molecule has 0 spiro atoms. The van der Waals surface area contributed by atoms with Gasteiger partial charge in [0.25, 0.3) is 0 Å². The van der Waals surface area contributed by atoms with E-state index in [1.165, 1.54) is 0 Å². The summed E-state index contributed by atoms with van der Waals surface area (Å²) < 4.78 is 0. The Hall–Kier alpha value is -1.97. The minimum Gasteiger partial charge on any atom is -0.357 e. The lowest BCUT2D eigenvalue weighted by Gasteiger charge is -2.29. The maximum atomic E-state index is 4.74. The van der Waals surface area contributed by atoms with Crippen LogP contribution in [0.3, 0.4) is 0 Å². The van der Waals surface area contributed by atoms with Crippen molar-refractivity contribution in [2.24, 2.45) is 5.92 Å². The van der Waals surface area contributed by atoms with Gasteiger partial charge < -0.3 is 4.90 Å². The van der Waals surface area contributed by atoms with Crippen LogP contribution in [0.25, 0.3) is 11.4 Å². The Morgan fingerprint density at radius 3 is 2.33 bits per heavy atom. The van der Waals surface area contributed by atoms with Gasteiger partial charge in [-0.2, -0.15) is 0 Å². The van der Waals surface area contributed by atoms with E-state index in [1.807, 2.05) is 12.1 Å². The topological polar surface area (TPSA) is 41.9 Å². The molecule has 0 saturated heterocycles. The molecule has 0 bridgehead atoms. The summed E-state index contributed by atoms with van der Waals surface area (Å²) in [5, 5.41) is 0. The van der Waals surface area contributed by atoms with Crippen molar-refractivity contribution in [1.29, 1.82) is 0 Å². The van der Waals surface area contributed by atoms with Crippen molar-refractivity contribution >= 4 is 5.82 Å². The van der Waals surface area contributed by atoms with E-state index in [1.54, 1.807) is 12.4 Å². The fraction of sp³-hybridized carbons (Fsp3) is 0.471. The Morgan fingerprint density at radius 2 is 1.76 bits per heavy atom. The van der Waals surface area contributed by atoms with Crippen molar-refractivity contribution in [2.45, 2.75) is 40.2 Å². The Balaban J connectivity index is 2.43. The molecule has 0 radical (unpaired) electrons. The fourth-order valence-corrected chi connectivity index (χ4v) is 2.13. The van der Waals surface area contributed by atoms with Gasteiger partial charge in [0.05, 0.1) is 0 Å². The molecule has 4 nitrogen and oxygen atoms in total. The molecule has 0 amide bonds. The van der Waals surface area contributed by atoms with Crippen LogP contribution >= 0.6 is 0 Å². The lowest BCUT2D eigenvalue weighted by molar-refractivity contribution is 0.502. The third-order valence-corrected chi connectivity index (χ3v) is 4.00. The predicted molar refractivity (Wildman–Crippen MR) is 87.3 cm³/mol. The molecule has 1 unspecified atom stereocenters. The first kappa shape index (κ1) is 15.4. The molecule has 0 aliphatic heterocycles. The molecule has 0 fully saturated rings. The van der Waals surface area contributed by atoms with E-state index < -0.39 is 0 Å². The summed E-state index contributed by atoms with van der Waals surface area (Å²) in [6, 6.07) is 6.41. The highest BCUT2D eigenvalue weighted by Crippen LogP contribution is 2.22. The van der Waals surface area contributed by atoms with Gasteiger partial charge in [0.15, 0.2) is 5.82 Å². The zero-order valence-corrected chi connectivity index (χ0v) is 13.5. The van der Waals surface area contributed by atoms with Gasteiger partial charge in [0.2, 0.25) is 0 Å². The van der Waals surface area contributed by atoms with Gasteiger partial charge in [-0.3, -0.25) is 4.98 Å². The van der Waals surface area contributed by atoms with E-state index in [2.05, 4.69) is 55.7 Å². The van der Waals surface area contributed by atoms with Crippen LogP contribution in [0.1, 0.15) is 33.4 Å². The molecule has 0 saturated carbocycles. The molecular formula is C17H24N4. The van der Waals surface area contributed by atoms with E-state index in [0.29, 0.717) is 12.0 Å². The van der Waals surface area contributed by atoms with Crippen molar-refractivity contribution in [3.63, 3.8) is 0 Å². The fourth-order valence-electron chi connectivity index (χ4n) is 2.13. The molecule has 2 heterocycles. The third-order valence-electron chi connectivity index (χ3n) is 4.00. The zero-order valence-electron chi connectivity index (χ0n) is 13.5. The van der Waals surface area contributed by atoms with Crippen LogP contribution in [-0.2, 0) is 6.42 Å². The van der Waals surface area contributed by atoms with Crippen molar-refractivity contribution in [1.82, 2.24) is 15.0 Å². The Kier molecular flexibility index (Phi) is 4.89. The minimum absolute atomic E-state index is 0.426. The summed E-state index contributed by atoms with van der Waals surface area (Å²) in [5.74, 6) is 2.32. The number of aryl methyl sites for hydroxylation is 1. The van der Waals surface area contributed by atoms with Gasteiger partial charge in [-0.1, -0.05) is 20.8 Å². The van der Waals surface area contributed by atoms with E-state index >= 15 is 0 Å². The van der Waals surface area contributed by atoms with Crippen LogP contribution in [-0.4, -0.2) is 28.0 Å². The summed E-state index contributed by atoms with van der Waals surface area (Å²) in [7, 11) is 2.10. The monoisotopic (exact) mass is 284 g/mol. The lowest BCUT2D eigenvalue weighted by Crippen LogP contribution is -2.34. The number of rotatable bonds is 5. The third kappa shape index (κ3) is 3.57. The molecule has 2 aromatic heterocycles. The SMILES string of the molecule is CCc1cc(N(C)C(C)C(C)C)nc(-c2ccncc2)n1. The Bertz CT molecular complexity index is 581. The second kappa shape index (κ2) is 6.66. The summed E-state index contributed by atoms with van der Waals surface area (Å²) in [5.41, 5.74) is 2.07. The van der Waals surface area contributed by atoms with Crippen molar-refractivity contribution in [3.8, 4) is 11.4 Å². The quantitative estimate of drug-likeness (QED) is 0.841. The first-order chi connectivity index (χ1) is 10.0. The Labute approximate surface area is 127 Å². The van der Waals surface area contributed by atoms with E-state index in [-0.39, 0.29) is 0 Å².